The first-order valence-corrected chi connectivity index (χ1v) is 8.22. The van der Waals surface area contributed by atoms with E-state index in [2.05, 4.69) is 72.0 Å². The largest absolute Gasteiger partial charge is 0.375 e. The fourth-order valence-electron chi connectivity index (χ4n) is 2.34. The van der Waals surface area contributed by atoms with Gasteiger partial charge in [-0.05, 0) is 43.0 Å². The lowest BCUT2D eigenvalue weighted by Crippen LogP contribution is -2.26. The second kappa shape index (κ2) is 8.08. The molecule has 0 fully saturated rings. The summed E-state index contributed by atoms with van der Waals surface area (Å²) in [7, 11) is 2.16. The first-order valence-electron chi connectivity index (χ1n) is 7.34. The number of nitrogens with zero attached hydrogens (tertiary/aromatic N) is 1. The Morgan fingerprint density at radius 2 is 1.95 bits per heavy atom. The number of benzene rings is 1. The highest BCUT2D eigenvalue weighted by molar-refractivity contribution is 7.10. The van der Waals surface area contributed by atoms with E-state index in [9.17, 15) is 0 Å². The molecule has 0 aliphatic carbocycles. The molecule has 108 valence electrons. The smallest absolute Gasteiger partial charge is 0.0412 e. The normalized spacial score (nSPS) is 12.3. The van der Waals surface area contributed by atoms with Gasteiger partial charge in [-0.1, -0.05) is 31.2 Å². The van der Waals surface area contributed by atoms with Crippen LogP contribution < -0.4 is 10.2 Å². The van der Waals surface area contributed by atoms with Crippen molar-refractivity contribution in [3.8, 4) is 0 Å². The van der Waals surface area contributed by atoms with Crippen LogP contribution in [0.4, 0.5) is 5.69 Å². The number of hydrogen-bond acceptors (Lipinski definition) is 3. The van der Waals surface area contributed by atoms with Crippen LogP contribution in [0.25, 0.3) is 0 Å². The Morgan fingerprint density at radius 1 is 1.15 bits per heavy atom. The monoisotopic (exact) mass is 288 g/mol. The minimum Gasteiger partial charge on any atom is -0.375 e. The molecule has 3 heteroatoms. The van der Waals surface area contributed by atoms with Crippen molar-refractivity contribution >= 4 is 17.0 Å². The Hall–Kier alpha value is -1.32. The highest BCUT2D eigenvalue weighted by Gasteiger charge is 2.08. The molecule has 0 radical (unpaired) electrons. The number of nitrogens with one attached hydrogen (secondary N) is 1. The zero-order chi connectivity index (χ0) is 14.2. The van der Waals surface area contributed by atoms with Crippen molar-refractivity contribution in [3.05, 3.63) is 52.7 Å². The van der Waals surface area contributed by atoms with Crippen molar-refractivity contribution in [2.24, 2.45) is 0 Å². The molecule has 0 saturated carbocycles. The minimum absolute atomic E-state index is 0.511. The second-order valence-electron chi connectivity index (χ2n) is 5.04. The standard InChI is InChI=1S/C17H24N2S/c1-3-16(17-11-7-14-20-17)18-12-8-13-19(2)15-9-5-4-6-10-15/h4-7,9-11,14,16,18H,3,8,12-13H2,1-2H3. The van der Waals surface area contributed by atoms with Crippen molar-refractivity contribution in [3.63, 3.8) is 0 Å². The molecule has 1 aromatic carbocycles. The van der Waals surface area contributed by atoms with Gasteiger partial charge in [0.2, 0.25) is 0 Å². The van der Waals surface area contributed by atoms with Crippen LogP contribution in [0, 0.1) is 0 Å². The van der Waals surface area contributed by atoms with E-state index in [-0.39, 0.29) is 0 Å². The summed E-state index contributed by atoms with van der Waals surface area (Å²) in [6, 6.07) is 15.4. The number of hydrogen-bond donors (Lipinski definition) is 1. The third-order valence-corrected chi connectivity index (χ3v) is 4.54. The molecule has 20 heavy (non-hydrogen) atoms. The van der Waals surface area contributed by atoms with Gasteiger partial charge < -0.3 is 10.2 Å². The van der Waals surface area contributed by atoms with Gasteiger partial charge >= 0.3 is 0 Å². The number of rotatable bonds is 8. The molecule has 2 aromatic rings. The minimum atomic E-state index is 0.511. The first-order chi connectivity index (χ1) is 9.81. The Kier molecular flexibility index (Phi) is 6.09. The van der Waals surface area contributed by atoms with Gasteiger partial charge in [0, 0.05) is 30.2 Å². The van der Waals surface area contributed by atoms with E-state index in [1.165, 1.54) is 10.6 Å². The fourth-order valence-corrected chi connectivity index (χ4v) is 3.23. The van der Waals surface area contributed by atoms with Crippen LogP contribution in [-0.4, -0.2) is 20.1 Å². The summed E-state index contributed by atoms with van der Waals surface area (Å²) in [5.41, 5.74) is 1.29. The number of thiophene rings is 1. The molecule has 0 spiro atoms. The number of anilines is 1. The predicted octanol–water partition coefficient (Wildman–Crippen LogP) is 4.32. The molecule has 0 aliphatic heterocycles. The maximum atomic E-state index is 3.66. The van der Waals surface area contributed by atoms with Crippen LogP contribution >= 0.6 is 11.3 Å². The highest BCUT2D eigenvalue weighted by Crippen LogP contribution is 2.21. The van der Waals surface area contributed by atoms with E-state index in [1.807, 2.05) is 11.3 Å². The maximum Gasteiger partial charge on any atom is 0.0412 e. The van der Waals surface area contributed by atoms with Crippen LogP contribution in [0.15, 0.2) is 47.8 Å². The molecular weight excluding hydrogens is 264 g/mol. The Morgan fingerprint density at radius 3 is 2.60 bits per heavy atom. The van der Waals surface area contributed by atoms with Crippen molar-refractivity contribution in [2.75, 3.05) is 25.0 Å². The van der Waals surface area contributed by atoms with E-state index < -0.39 is 0 Å². The molecule has 2 nitrogen and oxygen atoms in total. The lowest BCUT2D eigenvalue weighted by molar-refractivity contribution is 0.517. The van der Waals surface area contributed by atoms with Gasteiger partial charge in [-0.3, -0.25) is 0 Å². The van der Waals surface area contributed by atoms with Crippen molar-refractivity contribution < 1.29 is 0 Å². The third-order valence-electron chi connectivity index (χ3n) is 3.55. The zero-order valence-electron chi connectivity index (χ0n) is 12.4. The molecule has 1 aromatic heterocycles. The van der Waals surface area contributed by atoms with Gasteiger partial charge in [0.15, 0.2) is 0 Å². The molecule has 1 atom stereocenters. The van der Waals surface area contributed by atoms with Gasteiger partial charge in [-0.25, -0.2) is 0 Å². The van der Waals surface area contributed by atoms with Crippen LogP contribution in [0.5, 0.6) is 0 Å². The Labute approximate surface area is 126 Å². The molecule has 1 N–H and O–H groups in total. The van der Waals surface area contributed by atoms with E-state index in [4.69, 9.17) is 0 Å². The molecule has 1 heterocycles. The molecule has 0 saturated heterocycles. The van der Waals surface area contributed by atoms with Gasteiger partial charge in [0.25, 0.3) is 0 Å². The Balaban J connectivity index is 1.71. The van der Waals surface area contributed by atoms with Crippen LogP contribution in [0.2, 0.25) is 0 Å². The third kappa shape index (κ3) is 4.36. The SMILES string of the molecule is CCC(NCCCN(C)c1ccccc1)c1cccs1. The predicted molar refractivity (Wildman–Crippen MR) is 89.7 cm³/mol. The summed E-state index contributed by atoms with van der Waals surface area (Å²) >= 11 is 1.84. The molecule has 0 bridgehead atoms. The highest BCUT2D eigenvalue weighted by atomic mass is 32.1. The van der Waals surface area contributed by atoms with Crippen molar-refractivity contribution in [2.45, 2.75) is 25.8 Å². The zero-order valence-corrected chi connectivity index (χ0v) is 13.2. The van der Waals surface area contributed by atoms with E-state index >= 15 is 0 Å². The molecule has 0 amide bonds. The summed E-state index contributed by atoms with van der Waals surface area (Å²) in [5, 5.41) is 5.82. The lowest BCUT2D eigenvalue weighted by Gasteiger charge is -2.20. The topological polar surface area (TPSA) is 15.3 Å². The van der Waals surface area contributed by atoms with Crippen LogP contribution in [0.3, 0.4) is 0 Å². The average Bonchev–Trinajstić information content (AvgIpc) is 3.02. The first kappa shape index (κ1) is 15.1. The lowest BCUT2D eigenvalue weighted by atomic mass is 10.2. The summed E-state index contributed by atoms with van der Waals surface area (Å²) in [4.78, 5) is 3.76. The maximum absolute atomic E-state index is 3.66. The molecular formula is C17H24N2S. The Bertz CT molecular complexity index is 467. The molecule has 1 unspecified atom stereocenters. The molecule has 2 rings (SSSR count). The summed E-state index contributed by atoms with van der Waals surface area (Å²) in [6.45, 7) is 4.39. The van der Waals surface area contributed by atoms with E-state index in [1.54, 1.807) is 0 Å². The van der Waals surface area contributed by atoms with Gasteiger partial charge in [-0.15, -0.1) is 11.3 Å². The second-order valence-corrected chi connectivity index (χ2v) is 6.02. The van der Waals surface area contributed by atoms with Gasteiger partial charge in [-0.2, -0.15) is 0 Å². The summed E-state index contributed by atoms with van der Waals surface area (Å²) < 4.78 is 0. The fraction of sp³-hybridized carbons (Fsp3) is 0.412. The quantitative estimate of drug-likeness (QED) is 0.728. The van der Waals surface area contributed by atoms with E-state index in [0.717, 1.165) is 25.9 Å². The summed E-state index contributed by atoms with van der Waals surface area (Å²) in [5.74, 6) is 0. The average molecular weight is 288 g/mol. The van der Waals surface area contributed by atoms with Crippen LogP contribution in [0.1, 0.15) is 30.7 Å². The van der Waals surface area contributed by atoms with Gasteiger partial charge in [0.05, 0.1) is 0 Å². The number of para-hydroxylation sites is 1. The van der Waals surface area contributed by atoms with E-state index in [0.29, 0.717) is 6.04 Å². The van der Waals surface area contributed by atoms with Crippen LogP contribution in [-0.2, 0) is 0 Å². The van der Waals surface area contributed by atoms with Gasteiger partial charge in [0.1, 0.15) is 0 Å². The summed E-state index contributed by atoms with van der Waals surface area (Å²) in [6.07, 6.45) is 2.31. The van der Waals surface area contributed by atoms with Crippen molar-refractivity contribution in [1.29, 1.82) is 0 Å². The van der Waals surface area contributed by atoms with Crippen molar-refractivity contribution in [1.82, 2.24) is 5.32 Å². The molecule has 0 aliphatic rings.